The van der Waals surface area contributed by atoms with Crippen LogP contribution in [0, 0.1) is 6.92 Å². The van der Waals surface area contributed by atoms with Crippen molar-refractivity contribution in [2.24, 2.45) is 0 Å². The molecule has 1 unspecified atom stereocenters. The minimum atomic E-state index is 0.459. The molecule has 0 aliphatic heterocycles. The summed E-state index contributed by atoms with van der Waals surface area (Å²) in [6.07, 6.45) is 5.10. The first-order valence-electron chi connectivity index (χ1n) is 5.33. The fraction of sp³-hybridized carbons (Fsp3) is 0.583. The van der Waals surface area contributed by atoms with Gasteiger partial charge in [-0.2, -0.15) is 0 Å². The number of rotatable bonds is 1. The van der Waals surface area contributed by atoms with Crippen LogP contribution in [0.2, 0.25) is 0 Å². The largest absolute Gasteiger partial charge is 0.300 e. The lowest BCUT2D eigenvalue weighted by molar-refractivity contribution is -0.119. The van der Waals surface area contributed by atoms with E-state index in [-0.39, 0.29) is 0 Å². The van der Waals surface area contributed by atoms with Crippen molar-refractivity contribution in [3.63, 3.8) is 0 Å². The predicted molar refractivity (Wildman–Crippen MR) is 59.9 cm³/mol. The third-order valence-electron chi connectivity index (χ3n) is 3.00. The highest BCUT2D eigenvalue weighted by atomic mass is 32.1. The van der Waals surface area contributed by atoms with Gasteiger partial charge in [-0.1, -0.05) is 6.42 Å². The van der Waals surface area contributed by atoms with Crippen molar-refractivity contribution in [2.45, 2.75) is 44.9 Å². The zero-order valence-electron chi connectivity index (χ0n) is 8.58. The molecule has 0 amide bonds. The van der Waals surface area contributed by atoms with E-state index in [4.69, 9.17) is 0 Å². The molecule has 2 rings (SSSR count). The highest BCUT2D eigenvalue weighted by Gasteiger charge is 2.21. The predicted octanol–water partition coefficient (Wildman–Crippen LogP) is 3.67. The fourth-order valence-electron chi connectivity index (χ4n) is 2.22. The summed E-state index contributed by atoms with van der Waals surface area (Å²) in [5, 5.41) is 2.14. The summed E-state index contributed by atoms with van der Waals surface area (Å²) in [6, 6.07) is 2.16. The molecule has 1 aliphatic rings. The first kappa shape index (κ1) is 9.91. The third-order valence-corrected chi connectivity index (χ3v) is 4.19. The molecule has 1 heterocycles. The Labute approximate surface area is 89.1 Å². The van der Waals surface area contributed by atoms with Crippen molar-refractivity contribution in [3.8, 4) is 0 Å². The Bertz CT molecular complexity index is 327. The maximum Gasteiger partial charge on any atom is 0.133 e. The van der Waals surface area contributed by atoms with Crippen LogP contribution in [0.1, 0.15) is 48.5 Å². The Balaban J connectivity index is 2.17. The zero-order chi connectivity index (χ0) is 9.97. The first-order valence-corrected chi connectivity index (χ1v) is 6.21. The van der Waals surface area contributed by atoms with Gasteiger partial charge in [-0.3, -0.25) is 4.79 Å². The van der Waals surface area contributed by atoms with E-state index < -0.39 is 0 Å². The second kappa shape index (κ2) is 4.26. The Hall–Kier alpha value is -0.630. The van der Waals surface area contributed by atoms with Crippen LogP contribution in [0.15, 0.2) is 11.4 Å². The average molecular weight is 208 g/mol. The lowest BCUT2D eigenvalue weighted by atomic mass is 9.96. The highest BCUT2D eigenvalue weighted by molar-refractivity contribution is 7.10. The van der Waals surface area contributed by atoms with E-state index in [9.17, 15) is 4.79 Å². The smallest absolute Gasteiger partial charge is 0.133 e. The standard InChI is InChI=1S/C12H16OS/c1-9-6-7-14-12(9)10-4-2-3-5-11(13)8-10/h6-7,10H,2-5,8H2,1H3. The molecule has 1 nitrogen and oxygen atoms in total. The molecule has 0 bridgehead atoms. The van der Waals surface area contributed by atoms with Crippen molar-refractivity contribution in [2.75, 3.05) is 0 Å². The van der Waals surface area contributed by atoms with Crippen LogP contribution in [-0.4, -0.2) is 5.78 Å². The van der Waals surface area contributed by atoms with Crippen LogP contribution in [0.25, 0.3) is 0 Å². The van der Waals surface area contributed by atoms with E-state index in [0.717, 1.165) is 19.3 Å². The van der Waals surface area contributed by atoms with Gasteiger partial charge in [0.2, 0.25) is 0 Å². The molecule has 1 saturated carbocycles. The van der Waals surface area contributed by atoms with Gasteiger partial charge in [-0.25, -0.2) is 0 Å². The lowest BCUT2D eigenvalue weighted by Crippen LogP contribution is -2.02. The molecule has 0 saturated heterocycles. The molecule has 1 aromatic rings. The van der Waals surface area contributed by atoms with E-state index >= 15 is 0 Å². The number of hydrogen-bond donors (Lipinski definition) is 0. The molecular weight excluding hydrogens is 192 g/mol. The average Bonchev–Trinajstić information content (AvgIpc) is 2.45. The molecule has 1 aromatic heterocycles. The fourth-order valence-corrected chi connectivity index (χ4v) is 3.28. The second-order valence-corrected chi connectivity index (χ2v) is 5.10. The van der Waals surface area contributed by atoms with Gasteiger partial charge in [-0.05, 0) is 36.8 Å². The molecule has 14 heavy (non-hydrogen) atoms. The summed E-state index contributed by atoms with van der Waals surface area (Å²) in [4.78, 5) is 12.9. The first-order chi connectivity index (χ1) is 6.77. The topological polar surface area (TPSA) is 17.1 Å². The Kier molecular flexibility index (Phi) is 3.02. The molecule has 0 aromatic carbocycles. The Morgan fingerprint density at radius 2 is 2.29 bits per heavy atom. The molecule has 0 N–H and O–H groups in total. The molecule has 0 spiro atoms. The summed E-state index contributed by atoms with van der Waals surface area (Å²) >= 11 is 1.82. The van der Waals surface area contributed by atoms with Crippen molar-refractivity contribution >= 4 is 17.1 Å². The third kappa shape index (κ3) is 2.06. The Morgan fingerprint density at radius 3 is 3.00 bits per heavy atom. The minimum absolute atomic E-state index is 0.459. The van der Waals surface area contributed by atoms with Crippen molar-refractivity contribution in [1.29, 1.82) is 0 Å². The van der Waals surface area contributed by atoms with Crippen LogP contribution < -0.4 is 0 Å². The van der Waals surface area contributed by atoms with Gasteiger partial charge in [0.25, 0.3) is 0 Å². The normalized spacial score (nSPS) is 23.5. The summed E-state index contributed by atoms with van der Waals surface area (Å²) < 4.78 is 0. The van der Waals surface area contributed by atoms with Crippen molar-refractivity contribution < 1.29 is 4.79 Å². The maximum atomic E-state index is 11.5. The van der Waals surface area contributed by atoms with E-state index in [0.29, 0.717) is 11.7 Å². The van der Waals surface area contributed by atoms with Crippen molar-refractivity contribution in [3.05, 3.63) is 21.9 Å². The molecule has 1 fully saturated rings. The lowest BCUT2D eigenvalue weighted by Gasteiger charge is -2.12. The van der Waals surface area contributed by atoms with Gasteiger partial charge < -0.3 is 0 Å². The maximum absolute atomic E-state index is 11.5. The van der Waals surface area contributed by atoms with Gasteiger partial charge in [-0.15, -0.1) is 11.3 Å². The number of carbonyl (C=O) groups excluding carboxylic acids is 1. The van der Waals surface area contributed by atoms with Crippen molar-refractivity contribution in [1.82, 2.24) is 0 Å². The van der Waals surface area contributed by atoms with E-state index in [1.807, 2.05) is 11.3 Å². The second-order valence-electron chi connectivity index (χ2n) is 4.15. The highest BCUT2D eigenvalue weighted by Crippen LogP contribution is 2.34. The number of hydrogen-bond acceptors (Lipinski definition) is 2. The minimum Gasteiger partial charge on any atom is -0.300 e. The van der Waals surface area contributed by atoms with Gasteiger partial charge >= 0.3 is 0 Å². The summed E-state index contributed by atoms with van der Waals surface area (Å²) in [5.41, 5.74) is 1.37. The monoisotopic (exact) mass is 208 g/mol. The molecule has 1 aliphatic carbocycles. The number of aryl methyl sites for hydroxylation is 1. The summed E-state index contributed by atoms with van der Waals surface area (Å²) in [6.45, 7) is 2.15. The van der Waals surface area contributed by atoms with Gasteiger partial charge in [0.15, 0.2) is 0 Å². The van der Waals surface area contributed by atoms with E-state index in [2.05, 4.69) is 18.4 Å². The molecule has 2 heteroatoms. The molecule has 1 atom stereocenters. The van der Waals surface area contributed by atoms with E-state index in [1.54, 1.807) is 0 Å². The van der Waals surface area contributed by atoms with Crippen LogP contribution in [0.4, 0.5) is 0 Å². The van der Waals surface area contributed by atoms with Crippen LogP contribution >= 0.6 is 11.3 Å². The Morgan fingerprint density at radius 1 is 1.43 bits per heavy atom. The molecule has 0 radical (unpaired) electrons. The van der Waals surface area contributed by atoms with Gasteiger partial charge in [0.05, 0.1) is 0 Å². The van der Waals surface area contributed by atoms with E-state index in [1.165, 1.54) is 23.3 Å². The van der Waals surface area contributed by atoms with Gasteiger partial charge in [0.1, 0.15) is 5.78 Å². The summed E-state index contributed by atoms with van der Waals surface area (Å²) in [5.74, 6) is 0.977. The molecular formula is C12H16OS. The van der Waals surface area contributed by atoms with Gasteiger partial charge in [0, 0.05) is 23.6 Å². The zero-order valence-corrected chi connectivity index (χ0v) is 9.40. The SMILES string of the molecule is Cc1ccsc1C1CCCCC(=O)C1. The summed E-state index contributed by atoms with van der Waals surface area (Å²) in [7, 11) is 0. The van der Waals surface area contributed by atoms with Crippen LogP contribution in [0.5, 0.6) is 0 Å². The van der Waals surface area contributed by atoms with Crippen LogP contribution in [-0.2, 0) is 4.79 Å². The number of thiophene rings is 1. The number of carbonyl (C=O) groups is 1. The quantitative estimate of drug-likeness (QED) is 0.643. The van der Waals surface area contributed by atoms with Crippen LogP contribution in [0.3, 0.4) is 0 Å². The number of Topliss-reactive ketones (excluding diaryl/α,β-unsaturated/α-hetero) is 1. The number of ketones is 1. The molecule has 76 valence electrons.